The minimum Gasteiger partial charge on any atom is -0.497 e. The van der Waals surface area contributed by atoms with E-state index >= 15 is 0 Å². The number of carbonyl (C=O) groups is 1. The third-order valence-electron chi connectivity index (χ3n) is 7.07. The summed E-state index contributed by atoms with van der Waals surface area (Å²) in [5.74, 6) is 0.288. The average Bonchev–Trinajstić information content (AvgIpc) is 3.61. The number of aromatic carboxylic acids is 1. The van der Waals surface area contributed by atoms with Gasteiger partial charge in [-0.25, -0.2) is 9.78 Å². The predicted molar refractivity (Wildman–Crippen MR) is 152 cm³/mol. The number of carboxylic acids is 1. The minimum absolute atomic E-state index is 0.162. The summed E-state index contributed by atoms with van der Waals surface area (Å²) in [5.41, 5.74) is 5.60. The molecule has 0 saturated carbocycles. The van der Waals surface area contributed by atoms with Crippen LogP contribution >= 0.6 is 0 Å². The van der Waals surface area contributed by atoms with Gasteiger partial charge in [-0.3, -0.25) is 4.79 Å². The molecule has 4 aromatic heterocycles. The highest BCUT2D eigenvalue weighted by molar-refractivity contribution is 5.94. The number of benzene rings is 2. The fourth-order valence-corrected chi connectivity index (χ4v) is 5.09. The molecule has 2 N–H and O–H groups in total. The van der Waals surface area contributed by atoms with Crippen LogP contribution in [-0.4, -0.2) is 44.2 Å². The van der Waals surface area contributed by atoms with Crippen LogP contribution in [0.1, 0.15) is 27.2 Å². The number of nitrogens with one attached hydrogen (secondary N) is 1. The second-order valence-electron chi connectivity index (χ2n) is 9.50. The van der Waals surface area contributed by atoms with Crippen LogP contribution in [0.3, 0.4) is 0 Å². The lowest BCUT2D eigenvalue weighted by Gasteiger charge is -2.15. The van der Waals surface area contributed by atoms with Crippen molar-refractivity contribution in [1.82, 2.24) is 18.9 Å². The van der Waals surface area contributed by atoms with Crippen molar-refractivity contribution in [3.63, 3.8) is 0 Å². The molecule has 40 heavy (non-hydrogen) atoms. The van der Waals surface area contributed by atoms with Crippen LogP contribution in [-0.2, 0) is 13.0 Å². The van der Waals surface area contributed by atoms with Crippen LogP contribution in [0.5, 0.6) is 11.5 Å². The van der Waals surface area contributed by atoms with Crippen LogP contribution in [0, 0.1) is 0 Å². The number of ether oxygens (including phenoxy) is 2. The highest BCUT2D eigenvalue weighted by Gasteiger charge is 2.17. The van der Waals surface area contributed by atoms with E-state index in [0.29, 0.717) is 23.4 Å². The van der Waals surface area contributed by atoms with Crippen LogP contribution in [0.2, 0.25) is 0 Å². The molecule has 0 amide bonds. The summed E-state index contributed by atoms with van der Waals surface area (Å²) >= 11 is 0. The normalized spacial score (nSPS) is 11.2. The van der Waals surface area contributed by atoms with Gasteiger partial charge in [-0.15, -0.1) is 0 Å². The van der Waals surface area contributed by atoms with E-state index in [9.17, 15) is 14.7 Å². The second kappa shape index (κ2) is 10.1. The van der Waals surface area contributed by atoms with Crippen molar-refractivity contribution in [2.75, 3.05) is 14.2 Å². The van der Waals surface area contributed by atoms with Gasteiger partial charge >= 0.3 is 5.97 Å². The van der Waals surface area contributed by atoms with Gasteiger partial charge in [0, 0.05) is 65.0 Å². The van der Waals surface area contributed by atoms with Gasteiger partial charge in [0.05, 0.1) is 26.3 Å². The molecule has 0 fully saturated rings. The number of methoxy groups -OCH3 is 2. The molecule has 0 spiro atoms. The van der Waals surface area contributed by atoms with Crippen molar-refractivity contribution >= 4 is 22.5 Å². The van der Waals surface area contributed by atoms with Crippen LogP contribution < -0.4 is 15.0 Å². The van der Waals surface area contributed by atoms with Crippen molar-refractivity contribution < 1.29 is 19.4 Å². The lowest BCUT2D eigenvalue weighted by molar-refractivity contribution is 0.0696. The Labute approximate surface area is 228 Å². The summed E-state index contributed by atoms with van der Waals surface area (Å²) in [6, 6.07) is 18.1. The van der Waals surface area contributed by atoms with E-state index in [-0.39, 0.29) is 17.7 Å². The fourth-order valence-electron chi connectivity index (χ4n) is 5.09. The van der Waals surface area contributed by atoms with Gasteiger partial charge in [-0.05, 0) is 48.0 Å². The zero-order chi connectivity index (χ0) is 27.8. The number of fused-ring (bicyclic) bond motifs is 2. The summed E-state index contributed by atoms with van der Waals surface area (Å²) in [6.07, 6.45) is 7.81. The zero-order valence-corrected chi connectivity index (χ0v) is 21.9. The number of hydrogen-bond donors (Lipinski definition) is 2. The molecule has 0 aliphatic heterocycles. The summed E-state index contributed by atoms with van der Waals surface area (Å²) in [7, 11) is 3.17. The highest BCUT2D eigenvalue weighted by atomic mass is 16.5. The number of rotatable bonds is 8. The summed E-state index contributed by atoms with van der Waals surface area (Å²) in [4.78, 5) is 33.0. The number of nitrogens with zero attached hydrogens (tertiary/aromatic N) is 3. The maximum Gasteiger partial charge on any atom is 0.335 e. The summed E-state index contributed by atoms with van der Waals surface area (Å²) in [5, 5.41) is 10.5. The van der Waals surface area contributed by atoms with E-state index < -0.39 is 5.97 Å². The molecular weight excluding hydrogens is 508 g/mol. The number of carboxylic acid groups (broad SMARTS) is 1. The number of H-pyrrole nitrogens is 1. The van der Waals surface area contributed by atoms with Crippen LogP contribution in [0.25, 0.3) is 27.7 Å². The maximum atomic E-state index is 13.8. The largest absolute Gasteiger partial charge is 0.497 e. The molecule has 0 aliphatic rings. The first kappa shape index (κ1) is 25.0. The first-order valence-electron chi connectivity index (χ1n) is 12.6. The Morgan fingerprint density at radius 2 is 1.90 bits per heavy atom. The molecule has 0 aliphatic carbocycles. The van der Waals surface area contributed by atoms with Gasteiger partial charge in [0.2, 0.25) is 0 Å². The third kappa shape index (κ3) is 4.47. The predicted octanol–water partition coefficient (Wildman–Crippen LogP) is 5.00. The van der Waals surface area contributed by atoms with Gasteiger partial charge < -0.3 is 28.5 Å². The van der Waals surface area contributed by atoms with Gasteiger partial charge in [0.1, 0.15) is 22.7 Å². The zero-order valence-electron chi connectivity index (χ0n) is 21.9. The van der Waals surface area contributed by atoms with E-state index in [1.165, 1.54) is 0 Å². The van der Waals surface area contributed by atoms with Crippen LogP contribution in [0.4, 0.5) is 0 Å². The average molecular weight is 535 g/mol. The Kier molecular flexibility index (Phi) is 6.31. The topological polar surface area (TPSA) is 111 Å². The van der Waals surface area contributed by atoms with Gasteiger partial charge in [-0.2, -0.15) is 0 Å². The standard InChI is InChI=1S/C31H26N4O5/c1-39-24-9-8-21(28(14-24)40-2)16-34-18-23(12-19-5-3-6-20(11-19)31(37)38)35-17-22(13-27(35)30(34)36)26-15-33-29-25(26)7-4-10-32-29/h3-11,13-15,17-18H,12,16H2,1-2H3,(H,32,33)(H,37,38). The smallest absolute Gasteiger partial charge is 0.335 e. The van der Waals surface area contributed by atoms with Crippen molar-refractivity contribution in [2.24, 2.45) is 0 Å². The first-order valence-corrected chi connectivity index (χ1v) is 12.6. The number of hydrogen-bond acceptors (Lipinski definition) is 5. The lowest BCUT2D eigenvalue weighted by atomic mass is 10.1. The van der Waals surface area contributed by atoms with Crippen molar-refractivity contribution in [3.8, 4) is 22.6 Å². The number of aromatic amines is 1. The minimum atomic E-state index is -0.986. The summed E-state index contributed by atoms with van der Waals surface area (Å²) < 4.78 is 14.5. The fraction of sp³-hybridized carbons (Fsp3) is 0.129. The first-order chi connectivity index (χ1) is 19.4. The Balaban J connectivity index is 1.51. The molecular formula is C31H26N4O5. The molecule has 200 valence electrons. The molecule has 2 aromatic carbocycles. The van der Waals surface area contributed by atoms with Gasteiger partial charge in [0.15, 0.2) is 0 Å². The quantitative estimate of drug-likeness (QED) is 0.284. The Morgan fingerprint density at radius 1 is 1.02 bits per heavy atom. The SMILES string of the molecule is COc1ccc(Cn2cc(Cc3cccc(C(=O)O)c3)n3cc(-c4c[nH]c5ncccc45)cc3c2=O)c(OC)c1. The van der Waals surface area contributed by atoms with E-state index in [1.54, 1.807) is 49.2 Å². The Morgan fingerprint density at radius 3 is 2.70 bits per heavy atom. The molecule has 6 aromatic rings. The van der Waals surface area contributed by atoms with E-state index in [1.807, 2.05) is 59.4 Å². The van der Waals surface area contributed by atoms with Crippen molar-refractivity contribution in [1.29, 1.82) is 0 Å². The molecule has 0 radical (unpaired) electrons. The molecule has 6 rings (SSSR count). The molecule has 9 nitrogen and oxygen atoms in total. The van der Waals surface area contributed by atoms with Crippen LogP contribution in [0.15, 0.2) is 90.2 Å². The molecule has 0 atom stereocenters. The lowest BCUT2D eigenvalue weighted by Crippen LogP contribution is -2.24. The van der Waals surface area contributed by atoms with E-state index in [2.05, 4.69) is 9.97 Å². The highest BCUT2D eigenvalue weighted by Crippen LogP contribution is 2.30. The molecule has 9 heteroatoms. The third-order valence-corrected chi connectivity index (χ3v) is 7.07. The number of pyridine rings is 1. The number of aromatic nitrogens is 4. The molecule has 4 heterocycles. The van der Waals surface area contributed by atoms with Gasteiger partial charge in [0.25, 0.3) is 5.56 Å². The summed E-state index contributed by atoms with van der Waals surface area (Å²) in [6.45, 7) is 0.280. The van der Waals surface area contributed by atoms with E-state index in [4.69, 9.17) is 9.47 Å². The molecule has 0 saturated heterocycles. The Hall–Kier alpha value is -5.31. The van der Waals surface area contributed by atoms with Crippen molar-refractivity contribution in [2.45, 2.75) is 13.0 Å². The second-order valence-corrected chi connectivity index (χ2v) is 9.50. The molecule has 0 unspecified atom stereocenters. The monoisotopic (exact) mass is 534 g/mol. The van der Waals surface area contributed by atoms with Crippen molar-refractivity contribution in [3.05, 3.63) is 118 Å². The molecule has 0 bridgehead atoms. The van der Waals surface area contributed by atoms with E-state index in [0.717, 1.165) is 39.0 Å². The Bertz CT molecular complexity index is 1950. The maximum absolute atomic E-state index is 13.8. The van der Waals surface area contributed by atoms with Gasteiger partial charge in [-0.1, -0.05) is 12.1 Å².